The summed E-state index contributed by atoms with van der Waals surface area (Å²) in [7, 11) is 0. The van der Waals surface area contributed by atoms with E-state index in [-0.39, 0.29) is 18.7 Å². The van der Waals surface area contributed by atoms with Gasteiger partial charge >= 0.3 is 12.1 Å². The number of nitrogens with one attached hydrogen (secondary N) is 1. The zero-order valence-corrected chi connectivity index (χ0v) is 10.7. The minimum Gasteiger partial charge on any atom is -0.477 e. The first-order valence-electron chi connectivity index (χ1n) is 5.98. The second kappa shape index (κ2) is 5.10. The first-order valence-corrected chi connectivity index (χ1v) is 5.98. The van der Waals surface area contributed by atoms with Gasteiger partial charge in [-0.1, -0.05) is 0 Å². The smallest absolute Gasteiger partial charge is 0.421 e. The molecule has 110 valence electrons. The lowest BCUT2D eigenvalue weighted by molar-refractivity contribution is -0.161. The molecule has 0 radical (unpaired) electrons. The summed E-state index contributed by atoms with van der Waals surface area (Å²) in [5.41, 5.74) is 1.90. The summed E-state index contributed by atoms with van der Waals surface area (Å²) in [4.78, 5) is 35.2. The lowest BCUT2D eigenvalue weighted by Gasteiger charge is -2.44. The summed E-state index contributed by atoms with van der Waals surface area (Å²) in [5.74, 6) is 2.53. The number of nitrogens with zero attached hydrogens (tertiary/aromatic N) is 1. The standard InChI is InChI=1S/C11H15N3O6/c1-4(15)7-6-2-5(3-20-11(19)13-12)8(10(17)18)14(6)9(7)16/h4,6-7,15H,2-3,12H2,1H3,(H,13,19)(H,17,18)/t4-,6-,7-/m1/s1. The fourth-order valence-corrected chi connectivity index (χ4v) is 2.68. The minimum absolute atomic E-state index is 0.179. The van der Waals surface area contributed by atoms with Crippen LogP contribution >= 0.6 is 0 Å². The molecule has 20 heavy (non-hydrogen) atoms. The normalized spacial score (nSPS) is 25.9. The number of hydrazine groups is 1. The maximum Gasteiger partial charge on any atom is 0.421 e. The lowest BCUT2D eigenvalue weighted by Crippen LogP contribution is -2.61. The van der Waals surface area contributed by atoms with Gasteiger partial charge in [0, 0.05) is 5.57 Å². The van der Waals surface area contributed by atoms with Crippen molar-refractivity contribution in [2.24, 2.45) is 11.8 Å². The molecule has 0 unspecified atom stereocenters. The van der Waals surface area contributed by atoms with Gasteiger partial charge in [0.1, 0.15) is 12.3 Å². The number of fused-ring (bicyclic) bond motifs is 1. The van der Waals surface area contributed by atoms with Crippen LogP contribution in [0.3, 0.4) is 0 Å². The molecule has 2 rings (SSSR count). The number of hydrogen-bond acceptors (Lipinski definition) is 6. The highest BCUT2D eigenvalue weighted by Crippen LogP contribution is 2.43. The van der Waals surface area contributed by atoms with Gasteiger partial charge in [0.2, 0.25) is 5.91 Å². The van der Waals surface area contributed by atoms with Crippen LogP contribution in [-0.2, 0) is 14.3 Å². The van der Waals surface area contributed by atoms with E-state index in [1.165, 1.54) is 6.92 Å². The first-order chi connectivity index (χ1) is 9.38. The average molecular weight is 285 g/mol. The van der Waals surface area contributed by atoms with Crippen molar-refractivity contribution in [3.05, 3.63) is 11.3 Å². The summed E-state index contributed by atoms with van der Waals surface area (Å²) in [6.45, 7) is 1.22. The molecule has 9 heteroatoms. The van der Waals surface area contributed by atoms with E-state index in [1.807, 2.05) is 0 Å². The Kier molecular flexibility index (Phi) is 3.64. The topological polar surface area (TPSA) is 142 Å². The van der Waals surface area contributed by atoms with Gasteiger partial charge in [0.25, 0.3) is 0 Å². The molecule has 0 aromatic rings. The molecule has 2 aliphatic rings. The number of carboxylic acid groups (broad SMARTS) is 1. The molecule has 2 amide bonds. The number of aliphatic hydroxyl groups is 1. The zero-order valence-electron chi connectivity index (χ0n) is 10.7. The number of carbonyl (C=O) groups is 3. The molecule has 0 aliphatic carbocycles. The van der Waals surface area contributed by atoms with E-state index in [1.54, 1.807) is 5.43 Å². The molecule has 0 bridgehead atoms. The van der Waals surface area contributed by atoms with Crippen molar-refractivity contribution in [1.29, 1.82) is 0 Å². The third kappa shape index (κ3) is 2.10. The molecule has 0 aromatic carbocycles. The molecular formula is C11H15N3O6. The van der Waals surface area contributed by atoms with E-state index >= 15 is 0 Å². The van der Waals surface area contributed by atoms with Gasteiger partial charge in [0.05, 0.1) is 18.1 Å². The maximum absolute atomic E-state index is 11.9. The van der Waals surface area contributed by atoms with Crippen molar-refractivity contribution in [1.82, 2.24) is 10.3 Å². The van der Waals surface area contributed by atoms with E-state index in [9.17, 15) is 24.6 Å². The summed E-state index contributed by atoms with van der Waals surface area (Å²) in [6.07, 6.45) is -1.50. The summed E-state index contributed by atoms with van der Waals surface area (Å²) in [6, 6.07) is -0.395. The minimum atomic E-state index is -1.27. The van der Waals surface area contributed by atoms with Crippen molar-refractivity contribution in [2.45, 2.75) is 25.5 Å². The number of β-lactam (4-membered cyclic amide) rings is 1. The summed E-state index contributed by atoms with van der Waals surface area (Å²) in [5, 5.41) is 18.7. The number of ether oxygens (including phenoxy) is 1. The molecule has 2 aliphatic heterocycles. The quantitative estimate of drug-likeness (QED) is 0.214. The SMILES string of the molecule is C[C@@H](O)[C@H]1C(=O)N2C(C(=O)O)=C(COC(=O)NN)C[C@H]12. The maximum atomic E-state index is 11.9. The van der Waals surface area contributed by atoms with Crippen LogP contribution in [0.2, 0.25) is 0 Å². The number of aliphatic carboxylic acids is 1. The van der Waals surface area contributed by atoms with E-state index in [2.05, 4.69) is 0 Å². The Hall–Kier alpha value is -2.13. The fraction of sp³-hybridized carbons (Fsp3) is 0.545. The van der Waals surface area contributed by atoms with E-state index in [0.29, 0.717) is 5.57 Å². The molecule has 3 atom stereocenters. The van der Waals surface area contributed by atoms with Gasteiger partial charge in [-0.15, -0.1) is 0 Å². The molecule has 9 nitrogen and oxygen atoms in total. The van der Waals surface area contributed by atoms with Crippen molar-refractivity contribution in [3.63, 3.8) is 0 Å². The van der Waals surface area contributed by atoms with Crippen LogP contribution in [0, 0.1) is 5.92 Å². The van der Waals surface area contributed by atoms with Crippen molar-refractivity contribution in [2.75, 3.05) is 6.61 Å². The Labute approximate surface area is 113 Å². The number of nitrogens with two attached hydrogens (primary N) is 1. The highest BCUT2D eigenvalue weighted by Gasteiger charge is 2.56. The monoisotopic (exact) mass is 285 g/mol. The van der Waals surface area contributed by atoms with Gasteiger partial charge in [-0.3, -0.25) is 10.2 Å². The Morgan fingerprint density at radius 2 is 2.25 bits per heavy atom. The number of amides is 2. The van der Waals surface area contributed by atoms with E-state index in [4.69, 9.17) is 10.6 Å². The molecule has 1 fully saturated rings. The fourth-order valence-electron chi connectivity index (χ4n) is 2.68. The highest BCUT2D eigenvalue weighted by atomic mass is 16.6. The molecule has 2 heterocycles. The Morgan fingerprint density at radius 3 is 2.75 bits per heavy atom. The van der Waals surface area contributed by atoms with Crippen molar-refractivity contribution < 1.29 is 29.3 Å². The number of carboxylic acids is 1. The average Bonchev–Trinajstić information content (AvgIpc) is 2.69. The Morgan fingerprint density at radius 1 is 1.60 bits per heavy atom. The number of hydrogen-bond donors (Lipinski definition) is 4. The van der Waals surface area contributed by atoms with Crippen LogP contribution in [0.25, 0.3) is 0 Å². The van der Waals surface area contributed by atoms with Gasteiger partial charge < -0.3 is 19.8 Å². The number of aliphatic hydroxyl groups excluding tert-OH is 1. The van der Waals surface area contributed by atoms with E-state index < -0.39 is 36.0 Å². The molecule has 1 saturated heterocycles. The summed E-state index contributed by atoms with van der Waals surface area (Å²) < 4.78 is 4.71. The zero-order chi connectivity index (χ0) is 15.0. The number of carbonyl (C=O) groups excluding carboxylic acids is 2. The molecule has 5 N–H and O–H groups in total. The molecule has 0 saturated carbocycles. The van der Waals surface area contributed by atoms with Crippen LogP contribution in [-0.4, -0.2) is 51.8 Å². The molecule has 0 aromatic heterocycles. The van der Waals surface area contributed by atoms with Gasteiger partial charge in [0.15, 0.2) is 0 Å². The van der Waals surface area contributed by atoms with Crippen LogP contribution in [0.4, 0.5) is 4.79 Å². The Bertz CT molecular complexity index is 500. The Balaban J connectivity index is 2.17. The van der Waals surface area contributed by atoms with Crippen LogP contribution in [0.5, 0.6) is 0 Å². The van der Waals surface area contributed by atoms with Gasteiger partial charge in [-0.2, -0.15) is 0 Å². The van der Waals surface area contributed by atoms with Crippen LogP contribution < -0.4 is 11.3 Å². The van der Waals surface area contributed by atoms with Gasteiger partial charge in [-0.25, -0.2) is 15.4 Å². The van der Waals surface area contributed by atoms with Crippen LogP contribution in [0.15, 0.2) is 11.3 Å². The van der Waals surface area contributed by atoms with Crippen molar-refractivity contribution in [3.8, 4) is 0 Å². The van der Waals surface area contributed by atoms with Gasteiger partial charge in [-0.05, 0) is 13.3 Å². The van der Waals surface area contributed by atoms with Crippen LogP contribution in [0.1, 0.15) is 13.3 Å². The molecule has 0 spiro atoms. The van der Waals surface area contributed by atoms with Crippen molar-refractivity contribution >= 4 is 18.0 Å². The third-order valence-electron chi connectivity index (χ3n) is 3.52. The molecular weight excluding hydrogens is 270 g/mol. The summed E-state index contributed by atoms with van der Waals surface area (Å²) >= 11 is 0. The largest absolute Gasteiger partial charge is 0.477 e. The second-order valence-electron chi connectivity index (χ2n) is 4.72. The lowest BCUT2D eigenvalue weighted by atomic mass is 9.83. The number of rotatable bonds is 4. The third-order valence-corrected chi connectivity index (χ3v) is 3.52. The first kappa shape index (κ1) is 14.3. The van der Waals surface area contributed by atoms with E-state index in [0.717, 1.165) is 4.90 Å². The predicted octanol–water partition coefficient (Wildman–Crippen LogP) is -1.46. The predicted molar refractivity (Wildman–Crippen MR) is 63.8 cm³/mol. The second-order valence-corrected chi connectivity index (χ2v) is 4.72. The highest BCUT2D eigenvalue weighted by molar-refractivity contribution is 5.99.